The van der Waals surface area contributed by atoms with Gasteiger partial charge in [0.15, 0.2) is 21.2 Å². The predicted octanol–water partition coefficient (Wildman–Crippen LogP) is 5.48. The largest absolute Gasteiger partial charge is 0.502 e. The topological polar surface area (TPSA) is 113 Å². The second-order valence-electron chi connectivity index (χ2n) is 11.2. The van der Waals surface area contributed by atoms with Gasteiger partial charge in [-0.3, -0.25) is 29.0 Å². The second-order valence-corrected chi connectivity index (χ2v) is 14.1. The number of imide groups is 2. The van der Waals surface area contributed by atoms with Crippen LogP contribution >= 0.6 is 61.7 Å². The van der Waals surface area contributed by atoms with Crippen molar-refractivity contribution in [2.24, 2.45) is 23.7 Å². The molecule has 0 unspecified atom stereocenters. The number of phenolic OH excluding ortho intramolecular Hbond substituents is 1. The van der Waals surface area contributed by atoms with E-state index >= 15 is 0 Å². The molecule has 2 aliphatic carbocycles. The molecular weight excluding hydrogens is 790 g/mol. The molecule has 2 aromatic carbocycles. The molecule has 0 aromatic heterocycles. The van der Waals surface area contributed by atoms with Crippen LogP contribution in [0.3, 0.4) is 0 Å². The maximum atomic E-state index is 14.1. The molecule has 2 aromatic rings. The molecule has 4 amide bonds. The molecule has 2 aliphatic heterocycles. The molecule has 2 heterocycles. The first kappa shape index (κ1) is 31.4. The fourth-order valence-corrected chi connectivity index (χ4v) is 8.80. The average Bonchev–Trinajstić information content (AvgIpc) is 3.35. The molecule has 1 N–H and O–H groups in total. The van der Waals surface area contributed by atoms with Gasteiger partial charge in [-0.15, -0.1) is 23.2 Å². The monoisotopic (exact) mass is 814 g/mol. The number of amides is 4. The lowest BCUT2D eigenvalue weighted by Gasteiger charge is -2.49. The molecule has 4 aliphatic rings. The van der Waals surface area contributed by atoms with E-state index in [0.717, 1.165) is 8.47 Å². The summed E-state index contributed by atoms with van der Waals surface area (Å²) in [5.74, 6) is -4.81. The number of aromatic hydroxyl groups is 1. The average molecular weight is 816 g/mol. The number of rotatable bonds is 6. The molecule has 9 nitrogen and oxygen atoms in total. The van der Waals surface area contributed by atoms with E-state index in [-0.39, 0.29) is 47.4 Å². The number of anilines is 1. The van der Waals surface area contributed by atoms with Gasteiger partial charge in [0.05, 0.1) is 37.2 Å². The summed E-state index contributed by atoms with van der Waals surface area (Å²) < 4.78 is 11.5. The van der Waals surface area contributed by atoms with Gasteiger partial charge in [0.1, 0.15) is 0 Å². The SMILES string of the molecule is COc1cc(C=C[C@H]2C3=CC[C@@H]4C(=O)N(c5ccc(I)cc5)C(=O)[C@@H]4[C@@H]3C[C@@]3(Cl)C(=O)N(CBr)C(=O)[C@@]23Cl)cc(OC)c1O. The van der Waals surface area contributed by atoms with E-state index in [0.29, 0.717) is 16.8 Å². The van der Waals surface area contributed by atoms with E-state index in [4.69, 9.17) is 32.7 Å². The van der Waals surface area contributed by atoms with E-state index in [1.54, 1.807) is 36.4 Å². The van der Waals surface area contributed by atoms with Gasteiger partial charge < -0.3 is 14.6 Å². The van der Waals surface area contributed by atoms with Crippen LogP contribution in [-0.2, 0) is 19.2 Å². The Kier molecular flexibility index (Phi) is 8.08. The Morgan fingerprint density at radius 2 is 1.66 bits per heavy atom. The molecule has 44 heavy (non-hydrogen) atoms. The number of hydrogen-bond donors (Lipinski definition) is 1. The highest BCUT2D eigenvalue weighted by atomic mass is 127. The van der Waals surface area contributed by atoms with Gasteiger partial charge in [-0.1, -0.05) is 39.7 Å². The van der Waals surface area contributed by atoms with Crippen molar-refractivity contribution in [1.82, 2.24) is 4.90 Å². The van der Waals surface area contributed by atoms with Crippen LogP contribution in [0.4, 0.5) is 5.69 Å². The molecule has 230 valence electrons. The van der Waals surface area contributed by atoms with Crippen molar-refractivity contribution < 1.29 is 33.8 Å². The smallest absolute Gasteiger partial charge is 0.254 e. The Bertz CT molecular complexity index is 1640. The first-order valence-corrected chi connectivity index (χ1v) is 16.6. The lowest BCUT2D eigenvalue weighted by Crippen LogP contribution is -2.60. The van der Waals surface area contributed by atoms with Crippen molar-refractivity contribution in [2.75, 3.05) is 24.6 Å². The summed E-state index contributed by atoms with van der Waals surface area (Å²) in [5.41, 5.74) is 1.60. The van der Waals surface area contributed by atoms with Gasteiger partial charge in [-0.05, 0) is 83.3 Å². The Morgan fingerprint density at radius 3 is 2.25 bits per heavy atom. The molecule has 13 heteroatoms. The minimum absolute atomic E-state index is 0.0934. The van der Waals surface area contributed by atoms with Crippen molar-refractivity contribution in [1.29, 1.82) is 0 Å². The summed E-state index contributed by atoms with van der Waals surface area (Å²) in [7, 11) is 2.81. The molecule has 6 rings (SSSR count). The van der Waals surface area contributed by atoms with E-state index in [1.165, 1.54) is 19.1 Å². The normalized spacial score (nSPS) is 31.3. The van der Waals surface area contributed by atoms with E-state index < -0.39 is 45.2 Å². The number of allylic oxidation sites excluding steroid dienone is 3. The number of ether oxygens (including phenoxy) is 2. The molecule has 1 saturated carbocycles. The Balaban J connectivity index is 1.47. The van der Waals surface area contributed by atoms with Crippen LogP contribution in [-0.4, -0.2) is 63.1 Å². The first-order chi connectivity index (χ1) is 20.9. The molecule has 6 atom stereocenters. The molecule has 0 radical (unpaired) electrons. The molecule has 3 fully saturated rings. The quantitative estimate of drug-likeness (QED) is 0.135. The number of hydrogen-bond acceptors (Lipinski definition) is 7. The van der Waals surface area contributed by atoms with Crippen molar-refractivity contribution in [3.63, 3.8) is 0 Å². The number of benzene rings is 2. The van der Waals surface area contributed by atoms with Crippen LogP contribution in [0, 0.1) is 27.2 Å². The van der Waals surface area contributed by atoms with Gasteiger partial charge in [-0.2, -0.15) is 0 Å². The predicted molar refractivity (Wildman–Crippen MR) is 176 cm³/mol. The van der Waals surface area contributed by atoms with Gasteiger partial charge in [0.2, 0.25) is 17.6 Å². The zero-order chi connectivity index (χ0) is 31.7. The maximum Gasteiger partial charge on any atom is 0.254 e. The Morgan fingerprint density at radius 1 is 1.02 bits per heavy atom. The standard InChI is InChI=1S/C31H26BrCl2IN2O7/c1-43-22-11-15(12-23(44-2)25(22)38)3-10-21-18-8-9-19-24(27(40)37(26(19)39)17-6-4-16(35)5-7-17)20(18)13-30(33)28(41)36(14-32)29(42)31(21,30)34/h3-8,10-12,19-21,24,38H,9,13-14H2,1-2H3/t19-,20+,21-,24-,30+,31-/m0/s1. The summed E-state index contributed by atoms with van der Waals surface area (Å²) in [4.78, 5) is 53.7. The van der Waals surface area contributed by atoms with E-state index in [1.807, 2.05) is 18.2 Å². The highest BCUT2D eigenvalue weighted by Gasteiger charge is 2.75. The maximum absolute atomic E-state index is 14.1. The number of halogens is 4. The summed E-state index contributed by atoms with van der Waals surface area (Å²) in [6, 6.07) is 10.3. The van der Waals surface area contributed by atoms with Crippen LogP contribution in [0.5, 0.6) is 17.2 Å². The summed E-state index contributed by atoms with van der Waals surface area (Å²) in [6.07, 6.45) is 5.41. The zero-order valence-corrected chi connectivity index (χ0v) is 28.7. The second kappa shape index (κ2) is 11.3. The number of likely N-dealkylation sites (tertiary alicyclic amines) is 1. The third-order valence-electron chi connectivity index (χ3n) is 9.14. The zero-order valence-electron chi connectivity index (χ0n) is 23.4. The van der Waals surface area contributed by atoms with Crippen molar-refractivity contribution in [3.8, 4) is 17.2 Å². The number of phenols is 1. The van der Waals surface area contributed by atoms with Crippen molar-refractivity contribution >= 4 is 97.1 Å². The van der Waals surface area contributed by atoms with Crippen LogP contribution in [0.2, 0.25) is 0 Å². The van der Waals surface area contributed by atoms with Crippen LogP contribution < -0.4 is 14.4 Å². The van der Waals surface area contributed by atoms with Gasteiger partial charge in [0.25, 0.3) is 11.8 Å². The highest BCUT2D eigenvalue weighted by Crippen LogP contribution is 2.63. The number of fused-ring (bicyclic) bond motifs is 4. The van der Waals surface area contributed by atoms with Crippen LogP contribution in [0.1, 0.15) is 18.4 Å². The minimum Gasteiger partial charge on any atom is -0.502 e. The van der Waals surface area contributed by atoms with Crippen molar-refractivity contribution in [3.05, 3.63) is 63.3 Å². The van der Waals surface area contributed by atoms with E-state index in [2.05, 4.69) is 38.5 Å². The fourth-order valence-electron chi connectivity index (χ4n) is 7.06. The van der Waals surface area contributed by atoms with Gasteiger partial charge in [0, 0.05) is 9.49 Å². The van der Waals surface area contributed by atoms with Crippen LogP contribution in [0.25, 0.3) is 6.08 Å². The summed E-state index contributed by atoms with van der Waals surface area (Å²) in [5, 5.41) is 10.4. The fraction of sp³-hybridized carbons (Fsp3) is 0.355. The molecule has 2 saturated heterocycles. The molecule has 0 bridgehead atoms. The molecular formula is C31H26BrCl2IN2O7. The first-order valence-electron chi connectivity index (χ1n) is 13.7. The Labute approximate surface area is 285 Å². The summed E-state index contributed by atoms with van der Waals surface area (Å²) >= 11 is 19.8. The Hall–Kier alpha value is -2.61. The number of carbonyl (C=O) groups excluding carboxylic acids is 4. The lowest BCUT2D eigenvalue weighted by atomic mass is 9.57. The van der Waals surface area contributed by atoms with E-state index in [9.17, 15) is 24.3 Å². The van der Waals surface area contributed by atoms with Gasteiger partial charge in [-0.25, -0.2) is 0 Å². The lowest BCUT2D eigenvalue weighted by molar-refractivity contribution is -0.138. The van der Waals surface area contributed by atoms with Crippen molar-refractivity contribution in [2.45, 2.75) is 22.6 Å². The third-order valence-corrected chi connectivity index (χ3v) is 11.8. The number of carbonyl (C=O) groups is 4. The molecule has 0 spiro atoms. The van der Waals surface area contributed by atoms with Crippen LogP contribution in [0.15, 0.2) is 54.1 Å². The highest BCUT2D eigenvalue weighted by molar-refractivity contribution is 14.1. The third kappa shape index (κ3) is 4.36. The number of nitrogens with zero attached hydrogens (tertiary/aromatic N) is 2. The summed E-state index contributed by atoms with van der Waals surface area (Å²) in [6.45, 7) is 0. The minimum atomic E-state index is -1.91. The number of methoxy groups -OCH3 is 2. The van der Waals surface area contributed by atoms with Gasteiger partial charge >= 0.3 is 0 Å². The number of alkyl halides is 3.